The predicted octanol–water partition coefficient (Wildman–Crippen LogP) is 5.02. The molecule has 0 radical (unpaired) electrons. The average Bonchev–Trinajstić information content (AvgIpc) is 2.49. The molecule has 2 heteroatoms. The largest absolute Gasteiger partial charge is 0.326 e. The molecular weight excluding hydrogens is 274 g/mol. The summed E-state index contributed by atoms with van der Waals surface area (Å²) >= 11 is 1.96. The van der Waals surface area contributed by atoms with Gasteiger partial charge in [0, 0.05) is 17.0 Å². The maximum Gasteiger partial charge on any atom is 0.0454 e. The lowest BCUT2D eigenvalue weighted by Crippen LogP contribution is -2.26. The summed E-state index contributed by atoms with van der Waals surface area (Å²) in [5.41, 5.74) is 11.8. The molecule has 2 unspecified atom stereocenters. The summed E-state index contributed by atoms with van der Waals surface area (Å²) in [6.45, 7) is 6.49. The van der Waals surface area contributed by atoms with Gasteiger partial charge in [-0.3, -0.25) is 0 Å². The Labute approximate surface area is 133 Å². The summed E-state index contributed by atoms with van der Waals surface area (Å²) in [5, 5.41) is 0.358. The quantitative estimate of drug-likeness (QED) is 0.811. The summed E-state index contributed by atoms with van der Waals surface area (Å²) in [4.78, 5) is 0. The first-order valence-corrected chi connectivity index (χ1v) is 8.65. The Morgan fingerprint density at radius 2 is 1.81 bits per heavy atom. The Bertz CT molecular complexity index is 579. The lowest BCUT2D eigenvalue weighted by molar-refractivity contribution is 0.632. The molecular formula is C19H25NS. The number of hydrogen-bond acceptors (Lipinski definition) is 2. The van der Waals surface area contributed by atoms with Crippen LogP contribution in [0.4, 0.5) is 0 Å². The fourth-order valence-electron chi connectivity index (χ4n) is 2.55. The molecule has 2 aromatic carbocycles. The van der Waals surface area contributed by atoms with Crippen LogP contribution in [0, 0.1) is 13.8 Å². The highest BCUT2D eigenvalue weighted by atomic mass is 32.2. The minimum atomic E-state index is 0.195. The van der Waals surface area contributed by atoms with E-state index < -0.39 is 0 Å². The molecule has 112 valence electrons. The van der Waals surface area contributed by atoms with Gasteiger partial charge >= 0.3 is 0 Å². The van der Waals surface area contributed by atoms with Crippen molar-refractivity contribution in [1.82, 2.24) is 0 Å². The third-order valence-corrected chi connectivity index (χ3v) is 5.33. The van der Waals surface area contributed by atoms with Crippen LogP contribution in [0.1, 0.15) is 40.8 Å². The third kappa shape index (κ3) is 4.36. The van der Waals surface area contributed by atoms with Gasteiger partial charge in [0.1, 0.15) is 0 Å². The molecule has 1 nitrogen and oxygen atoms in total. The Balaban J connectivity index is 2.16. The van der Waals surface area contributed by atoms with Gasteiger partial charge in [-0.1, -0.05) is 61.0 Å². The molecule has 2 aromatic rings. The maximum atomic E-state index is 6.39. The first-order chi connectivity index (χ1) is 10.1. The number of benzene rings is 2. The number of rotatable bonds is 6. The Morgan fingerprint density at radius 1 is 1.05 bits per heavy atom. The van der Waals surface area contributed by atoms with Crippen LogP contribution in [0.5, 0.6) is 0 Å². The minimum Gasteiger partial charge on any atom is -0.326 e. The van der Waals surface area contributed by atoms with Crippen LogP contribution in [-0.4, -0.2) is 6.04 Å². The topological polar surface area (TPSA) is 26.0 Å². The molecule has 0 bridgehead atoms. The predicted molar refractivity (Wildman–Crippen MR) is 94.7 cm³/mol. The van der Waals surface area contributed by atoms with Gasteiger partial charge in [-0.2, -0.15) is 0 Å². The molecule has 0 fully saturated rings. The van der Waals surface area contributed by atoms with Crippen molar-refractivity contribution >= 4 is 11.8 Å². The third-order valence-electron chi connectivity index (χ3n) is 3.87. The molecule has 2 N–H and O–H groups in total. The van der Waals surface area contributed by atoms with Crippen molar-refractivity contribution < 1.29 is 0 Å². The van der Waals surface area contributed by atoms with Crippen LogP contribution in [0.15, 0.2) is 48.5 Å². The molecule has 2 atom stereocenters. The molecule has 2 rings (SSSR count). The molecule has 0 saturated carbocycles. The first kappa shape index (κ1) is 16.1. The lowest BCUT2D eigenvalue weighted by Gasteiger charge is -2.24. The van der Waals surface area contributed by atoms with Gasteiger partial charge in [0.05, 0.1) is 0 Å². The van der Waals surface area contributed by atoms with E-state index in [-0.39, 0.29) is 6.04 Å². The van der Waals surface area contributed by atoms with E-state index in [2.05, 4.69) is 69.3 Å². The van der Waals surface area contributed by atoms with Crippen molar-refractivity contribution in [3.05, 3.63) is 70.8 Å². The van der Waals surface area contributed by atoms with Crippen molar-refractivity contribution in [2.24, 2.45) is 5.73 Å². The van der Waals surface area contributed by atoms with Gasteiger partial charge in [0.25, 0.3) is 0 Å². The fraction of sp³-hybridized carbons (Fsp3) is 0.368. The number of hydrogen-bond donors (Lipinski definition) is 1. The second-order valence-electron chi connectivity index (χ2n) is 5.65. The molecule has 0 aliphatic rings. The van der Waals surface area contributed by atoms with Crippen molar-refractivity contribution in [1.29, 1.82) is 0 Å². The molecule has 21 heavy (non-hydrogen) atoms. The number of aryl methyl sites for hydroxylation is 2. The van der Waals surface area contributed by atoms with Crippen molar-refractivity contribution in [2.75, 3.05) is 0 Å². The molecule has 0 amide bonds. The van der Waals surface area contributed by atoms with E-state index >= 15 is 0 Å². The summed E-state index contributed by atoms with van der Waals surface area (Å²) in [6, 6.07) is 17.5. The zero-order valence-electron chi connectivity index (χ0n) is 13.2. The average molecular weight is 299 g/mol. The summed E-state index contributed by atoms with van der Waals surface area (Å²) in [5.74, 6) is 1.01. The number of nitrogens with two attached hydrogens (primary N) is 1. The smallest absolute Gasteiger partial charge is 0.0454 e. The Hall–Kier alpha value is -1.25. The van der Waals surface area contributed by atoms with E-state index in [1.807, 2.05) is 11.8 Å². The van der Waals surface area contributed by atoms with Crippen LogP contribution in [-0.2, 0) is 5.75 Å². The van der Waals surface area contributed by atoms with Crippen LogP contribution < -0.4 is 5.73 Å². The van der Waals surface area contributed by atoms with E-state index in [4.69, 9.17) is 5.73 Å². The second kappa shape index (κ2) is 7.67. The molecule has 0 aliphatic heterocycles. The maximum absolute atomic E-state index is 6.39. The van der Waals surface area contributed by atoms with E-state index in [9.17, 15) is 0 Å². The van der Waals surface area contributed by atoms with Gasteiger partial charge in [0.15, 0.2) is 0 Å². The summed E-state index contributed by atoms with van der Waals surface area (Å²) in [6.07, 6.45) is 1.000. The molecule has 0 heterocycles. The molecule has 0 aliphatic carbocycles. The zero-order chi connectivity index (χ0) is 15.2. The highest BCUT2D eigenvalue weighted by Crippen LogP contribution is 2.36. The summed E-state index contributed by atoms with van der Waals surface area (Å²) < 4.78 is 0. The highest BCUT2D eigenvalue weighted by molar-refractivity contribution is 7.98. The second-order valence-corrected chi connectivity index (χ2v) is 6.78. The van der Waals surface area contributed by atoms with Crippen LogP contribution in [0.3, 0.4) is 0 Å². The SMILES string of the molecule is CCC(N)C(SCc1cccc(C)c1)c1ccccc1C. The van der Waals surface area contributed by atoms with Crippen LogP contribution in [0.2, 0.25) is 0 Å². The summed E-state index contributed by atoms with van der Waals surface area (Å²) in [7, 11) is 0. The normalized spacial score (nSPS) is 13.9. The van der Waals surface area contributed by atoms with Gasteiger partial charge in [0.2, 0.25) is 0 Å². The molecule has 0 aromatic heterocycles. The van der Waals surface area contributed by atoms with Gasteiger partial charge in [-0.05, 0) is 37.0 Å². The van der Waals surface area contributed by atoms with Crippen molar-refractivity contribution in [2.45, 2.75) is 44.2 Å². The van der Waals surface area contributed by atoms with E-state index in [1.54, 1.807) is 0 Å². The van der Waals surface area contributed by atoms with E-state index in [1.165, 1.54) is 22.3 Å². The zero-order valence-corrected chi connectivity index (χ0v) is 14.0. The van der Waals surface area contributed by atoms with Gasteiger partial charge in [-0.15, -0.1) is 11.8 Å². The van der Waals surface area contributed by atoms with E-state index in [0.717, 1.165) is 12.2 Å². The Morgan fingerprint density at radius 3 is 2.48 bits per heavy atom. The standard InChI is InChI=1S/C19H25NS/c1-4-18(20)19(17-11-6-5-9-15(17)3)21-13-16-10-7-8-14(2)12-16/h5-12,18-19H,4,13,20H2,1-3H3. The van der Waals surface area contributed by atoms with Crippen molar-refractivity contribution in [3.63, 3.8) is 0 Å². The first-order valence-electron chi connectivity index (χ1n) is 7.60. The lowest BCUT2D eigenvalue weighted by atomic mass is 10.00. The van der Waals surface area contributed by atoms with Crippen molar-refractivity contribution in [3.8, 4) is 0 Å². The van der Waals surface area contributed by atoms with Gasteiger partial charge in [-0.25, -0.2) is 0 Å². The van der Waals surface area contributed by atoms with Crippen LogP contribution >= 0.6 is 11.8 Å². The minimum absolute atomic E-state index is 0.195. The van der Waals surface area contributed by atoms with Crippen LogP contribution in [0.25, 0.3) is 0 Å². The van der Waals surface area contributed by atoms with E-state index in [0.29, 0.717) is 5.25 Å². The number of thioether (sulfide) groups is 1. The van der Waals surface area contributed by atoms with Gasteiger partial charge < -0.3 is 5.73 Å². The monoisotopic (exact) mass is 299 g/mol. The fourth-order valence-corrected chi connectivity index (χ4v) is 3.99. The molecule has 0 saturated heterocycles. The molecule has 0 spiro atoms. The Kier molecular flexibility index (Phi) is 5.89. The highest BCUT2D eigenvalue weighted by Gasteiger charge is 2.20.